The van der Waals surface area contributed by atoms with E-state index in [1.54, 1.807) is 6.08 Å². The maximum absolute atomic E-state index is 12.7. The Labute approximate surface area is 339 Å². The number of esters is 3. The summed E-state index contributed by atoms with van der Waals surface area (Å²) in [6.45, 7) is 6.40. The standard InChI is InChI=1S/C49H86O6/c1-4-7-10-13-16-19-21-23-24-26-27-30-33-36-39-42-48(51)54-45-46(44-53-47(50)41-38-35-32-29-18-15-12-9-6-3)55-49(52)43-40-37-34-31-28-25-22-20-17-14-11-8-5-2/h9,12,18-19,21,29,35,38,46H,4-8,10-11,13-17,20,22-28,30-34,36-37,39-45H2,1-3H3/b12-9-,21-19-,29-18-,38-35-. The van der Waals surface area contributed by atoms with Crippen LogP contribution in [0, 0.1) is 0 Å². The van der Waals surface area contributed by atoms with Crippen LogP contribution in [0.2, 0.25) is 0 Å². The molecule has 0 spiro atoms. The molecule has 1 atom stereocenters. The van der Waals surface area contributed by atoms with Crippen molar-refractivity contribution in [2.24, 2.45) is 0 Å². The molecule has 0 saturated heterocycles. The van der Waals surface area contributed by atoms with Crippen molar-refractivity contribution in [1.82, 2.24) is 0 Å². The van der Waals surface area contributed by atoms with E-state index in [1.807, 2.05) is 6.08 Å². The van der Waals surface area contributed by atoms with E-state index >= 15 is 0 Å². The average Bonchev–Trinajstić information content (AvgIpc) is 3.18. The molecule has 6 nitrogen and oxygen atoms in total. The SMILES string of the molecule is CC/C=C\C/C=C\C/C=C\CC(=O)OCC(COC(=O)CCCCCCCCC/C=C\CCCCCC)OC(=O)CCCCCCCCCCCCCCC. The van der Waals surface area contributed by atoms with E-state index in [0.29, 0.717) is 12.8 Å². The predicted molar refractivity (Wildman–Crippen MR) is 233 cm³/mol. The lowest BCUT2D eigenvalue weighted by molar-refractivity contribution is -0.166. The first-order valence-corrected chi connectivity index (χ1v) is 23.1. The van der Waals surface area contributed by atoms with Gasteiger partial charge in [-0.2, -0.15) is 0 Å². The zero-order valence-electron chi connectivity index (χ0n) is 36.2. The number of rotatable bonds is 41. The van der Waals surface area contributed by atoms with Crippen molar-refractivity contribution in [1.29, 1.82) is 0 Å². The number of unbranched alkanes of at least 4 members (excludes halogenated alkanes) is 23. The van der Waals surface area contributed by atoms with Crippen molar-refractivity contribution >= 4 is 17.9 Å². The molecule has 0 aliphatic heterocycles. The molecule has 6 heteroatoms. The summed E-state index contributed by atoms with van der Waals surface area (Å²) in [5.74, 6) is -1.03. The smallest absolute Gasteiger partial charge is 0.309 e. The third-order valence-corrected chi connectivity index (χ3v) is 9.85. The minimum absolute atomic E-state index is 0.100. The van der Waals surface area contributed by atoms with Crippen LogP contribution in [0.4, 0.5) is 0 Å². The van der Waals surface area contributed by atoms with Crippen LogP contribution < -0.4 is 0 Å². The second-order valence-electron chi connectivity index (χ2n) is 15.3. The van der Waals surface area contributed by atoms with Crippen LogP contribution in [0.25, 0.3) is 0 Å². The van der Waals surface area contributed by atoms with Gasteiger partial charge < -0.3 is 14.2 Å². The van der Waals surface area contributed by atoms with Crippen LogP contribution in [0.3, 0.4) is 0 Å². The fourth-order valence-corrected chi connectivity index (χ4v) is 6.38. The maximum atomic E-state index is 12.7. The molecule has 0 fully saturated rings. The van der Waals surface area contributed by atoms with Crippen molar-refractivity contribution in [3.63, 3.8) is 0 Å². The third kappa shape index (κ3) is 42.4. The largest absolute Gasteiger partial charge is 0.462 e. The molecule has 0 rings (SSSR count). The lowest BCUT2D eigenvalue weighted by Gasteiger charge is -2.18. The molecule has 0 saturated carbocycles. The Morgan fingerprint density at radius 3 is 1.27 bits per heavy atom. The monoisotopic (exact) mass is 771 g/mol. The van der Waals surface area contributed by atoms with Gasteiger partial charge in [0.05, 0.1) is 6.42 Å². The van der Waals surface area contributed by atoms with Crippen LogP contribution in [0.1, 0.15) is 226 Å². The van der Waals surface area contributed by atoms with E-state index < -0.39 is 12.1 Å². The van der Waals surface area contributed by atoms with Gasteiger partial charge in [-0.1, -0.05) is 198 Å². The number of allylic oxidation sites excluding steroid dienone is 7. The van der Waals surface area contributed by atoms with E-state index in [9.17, 15) is 14.4 Å². The zero-order valence-corrected chi connectivity index (χ0v) is 36.2. The topological polar surface area (TPSA) is 78.9 Å². The molecule has 0 radical (unpaired) electrons. The molecule has 0 heterocycles. The first-order chi connectivity index (χ1) is 27.0. The number of hydrogen-bond donors (Lipinski definition) is 0. The minimum atomic E-state index is -0.804. The van der Waals surface area contributed by atoms with Gasteiger partial charge in [-0.05, 0) is 57.8 Å². The number of carbonyl (C=O) groups is 3. The van der Waals surface area contributed by atoms with E-state index in [1.165, 1.54) is 128 Å². The summed E-state index contributed by atoms with van der Waals surface area (Å²) in [6, 6.07) is 0. The average molecular weight is 771 g/mol. The van der Waals surface area contributed by atoms with Crippen LogP contribution in [-0.4, -0.2) is 37.2 Å². The summed E-state index contributed by atoms with van der Waals surface area (Å²) >= 11 is 0. The van der Waals surface area contributed by atoms with Crippen LogP contribution in [0.5, 0.6) is 0 Å². The Hall–Kier alpha value is -2.63. The second-order valence-corrected chi connectivity index (χ2v) is 15.3. The molecule has 318 valence electrons. The highest BCUT2D eigenvalue weighted by atomic mass is 16.6. The molecule has 1 unspecified atom stereocenters. The van der Waals surface area contributed by atoms with Gasteiger partial charge in [0.2, 0.25) is 0 Å². The van der Waals surface area contributed by atoms with Gasteiger partial charge >= 0.3 is 17.9 Å². The molecule has 0 aromatic heterocycles. The second kappa shape index (κ2) is 44.1. The lowest BCUT2D eigenvalue weighted by Crippen LogP contribution is -2.30. The number of carbonyl (C=O) groups excluding carboxylic acids is 3. The van der Waals surface area contributed by atoms with E-state index in [0.717, 1.165) is 57.8 Å². The first kappa shape index (κ1) is 52.4. The van der Waals surface area contributed by atoms with Gasteiger partial charge in [0.1, 0.15) is 13.2 Å². The Morgan fingerprint density at radius 2 is 0.782 bits per heavy atom. The fraction of sp³-hybridized carbons (Fsp3) is 0.776. The Balaban J connectivity index is 4.39. The summed E-state index contributed by atoms with van der Waals surface area (Å²) in [4.78, 5) is 37.6. The zero-order chi connectivity index (χ0) is 40.1. The highest BCUT2D eigenvalue weighted by Gasteiger charge is 2.19. The molecule has 0 amide bonds. The molecule has 0 aliphatic carbocycles. The van der Waals surface area contributed by atoms with Crippen molar-refractivity contribution < 1.29 is 28.6 Å². The lowest BCUT2D eigenvalue weighted by atomic mass is 10.0. The summed E-state index contributed by atoms with van der Waals surface area (Å²) in [7, 11) is 0. The summed E-state index contributed by atoms with van der Waals surface area (Å²) in [5, 5.41) is 0. The number of hydrogen-bond acceptors (Lipinski definition) is 6. The highest BCUT2D eigenvalue weighted by molar-refractivity contribution is 5.72. The molecule has 0 N–H and O–H groups in total. The molecule has 0 aromatic rings. The third-order valence-electron chi connectivity index (χ3n) is 9.85. The van der Waals surface area contributed by atoms with Crippen molar-refractivity contribution in [3.05, 3.63) is 48.6 Å². The van der Waals surface area contributed by atoms with Crippen LogP contribution in [0.15, 0.2) is 48.6 Å². The highest BCUT2D eigenvalue weighted by Crippen LogP contribution is 2.15. The number of ether oxygens (including phenoxy) is 3. The Bertz CT molecular complexity index is 980. The maximum Gasteiger partial charge on any atom is 0.309 e. The summed E-state index contributed by atoms with van der Waals surface area (Å²) < 4.78 is 16.6. The molecule has 0 aromatic carbocycles. The molecular weight excluding hydrogens is 685 g/mol. The van der Waals surface area contributed by atoms with Crippen LogP contribution >= 0.6 is 0 Å². The molecule has 0 bridgehead atoms. The summed E-state index contributed by atoms with van der Waals surface area (Å²) in [6.07, 6.45) is 51.3. The van der Waals surface area contributed by atoms with E-state index in [2.05, 4.69) is 57.2 Å². The van der Waals surface area contributed by atoms with Gasteiger partial charge in [0, 0.05) is 12.8 Å². The fourth-order valence-electron chi connectivity index (χ4n) is 6.38. The normalized spacial score (nSPS) is 12.4. The molecular formula is C49H86O6. The minimum Gasteiger partial charge on any atom is -0.462 e. The van der Waals surface area contributed by atoms with E-state index in [-0.39, 0.29) is 31.6 Å². The summed E-state index contributed by atoms with van der Waals surface area (Å²) in [5.41, 5.74) is 0. The van der Waals surface area contributed by atoms with Crippen LogP contribution in [-0.2, 0) is 28.6 Å². The van der Waals surface area contributed by atoms with Crippen molar-refractivity contribution in [2.75, 3.05) is 13.2 Å². The Morgan fingerprint density at radius 1 is 0.400 bits per heavy atom. The van der Waals surface area contributed by atoms with Gasteiger partial charge in [-0.3, -0.25) is 14.4 Å². The first-order valence-electron chi connectivity index (χ1n) is 23.1. The van der Waals surface area contributed by atoms with Gasteiger partial charge in [0.25, 0.3) is 0 Å². The van der Waals surface area contributed by atoms with Crippen molar-refractivity contribution in [2.45, 2.75) is 232 Å². The molecule has 0 aliphatic rings. The van der Waals surface area contributed by atoms with Gasteiger partial charge in [-0.15, -0.1) is 0 Å². The predicted octanol–water partition coefficient (Wildman–Crippen LogP) is 14.8. The molecule has 55 heavy (non-hydrogen) atoms. The van der Waals surface area contributed by atoms with Gasteiger partial charge in [0.15, 0.2) is 6.10 Å². The Kier molecular flexibility index (Phi) is 42.0. The van der Waals surface area contributed by atoms with E-state index in [4.69, 9.17) is 14.2 Å². The quantitative estimate of drug-likeness (QED) is 0.0267. The van der Waals surface area contributed by atoms with Crippen molar-refractivity contribution in [3.8, 4) is 0 Å². The van der Waals surface area contributed by atoms with Gasteiger partial charge in [-0.25, -0.2) is 0 Å².